The van der Waals surface area contributed by atoms with Gasteiger partial charge in [-0.2, -0.15) is 0 Å². The summed E-state index contributed by atoms with van der Waals surface area (Å²) in [5.74, 6) is -1.44. The third-order valence-electron chi connectivity index (χ3n) is 2.25. The summed E-state index contributed by atoms with van der Waals surface area (Å²) in [6, 6.07) is 0.688. The van der Waals surface area contributed by atoms with Gasteiger partial charge in [0.05, 0.1) is 0 Å². The average Bonchev–Trinajstić information content (AvgIpc) is 2.28. The molecule has 86 valence electrons. The minimum Gasteiger partial charge on any atom is -0.480 e. The Morgan fingerprint density at radius 1 is 1.56 bits per heavy atom. The molecule has 0 bridgehead atoms. The van der Waals surface area contributed by atoms with Crippen molar-refractivity contribution in [3.63, 3.8) is 0 Å². The zero-order valence-electron chi connectivity index (χ0n) is 9.23. The second-order valence-electron chi connectivity index (χ2n) is 3.42. The number of amides is 1. The van der Waals surface area contributed by atoms with Crippen LogP contribution in [0, 0.1) is 0 Å². The number of nitrogens with one attached hydrogen (secondary N) is 1. The predicted molar refractivity (Wildman–Crippen MR) is 58.2 cm³/mol. The molecule has 0 unspecified atom stereocenters. The van der Waals surface area contributed by atoms with Crippen molar-refractivity contribution < 1.29 is 14.7 Å². The molecular formula is C11H14N2O3. The fourth-order valence-corrected chi connectivity index (χ4v) is 1.27. The van der Waals surface area contributed by atoms with Crippen molar-refractivity contribution in [2.75, 3.05) is 0 Å². The summed E-state index contributed by atoms with van der Waals surface area (Å²) in [6.07, 6.45) is 3.80. The summed E-state index contributed by atoms with van der Waals surface area (Å²) >= 11 is 0. The van der Waals surface area contributed by atoms with Gasteiger partial charge in [0.15, 0.2) is 0 Å². The summed E-state index contributed by atoms with van der Waals surface area (Å²) in [5.41, 5.74) is 1.28. The first kappa shape index (κ1) is 12.2. The summed E-state index contributed by atoms with van der Waals surface area (Å²) in [7, 11) is 0. The van der Waals surface area contributed by atoms with Crippen LogP contribution in [0.3, 0.4) is 0 Å². The Kier molecular flexibility index (Phi) is 3.99. The number of carbonyl (C=O) groups excluding carboxylic acids is 1. The number of nitrogens with zero attached hydrogens (tertiary/aromatic N) is 1. The highest BCUT2D eigenvalue weighted by atomic mass is 16.4. The van der Waals surface area contributed by atoms with Crippen LogP contribution < -0.4 is 5.32 Å². The number of hydrogen-bond donors (Lipinski definition) is 2. The van der Waals surface area contributed by atoms with E-state index in [4.69, 9.17) is 5.11 Å². The van der Waals surface area contributed by atoms with Crippen LogP contribution in [-0.2, 0) is 11.2 Å². The molecule has 5 nitrogen and oxygen atoms in total. The molecule has 0 aromatic carbocycles. The van der Waals surface area contributed by atoms with Gasteiger partial charge >= 0.3 is 5.97 Å². The van der Waals surface area contributed by atoms with Crippen LogP contribution in [0.5, 0.6) is 0 Å². The lowest BCUT2D eigenvalue weighted by atomic mass is 10.1. The van der Waals surface area contributed by atoms with Crippen molar-refractivity contribution in [1.82, 2.24) is 10.3 Å². The first-order chi connectivity index (χ1) is 7.56. The molecule has 0 saturated heterocycles. The van der Waals surface area contributed by atoms with E-state index in [2.05, 4.69) is 10.3 Å². The molecule has 0 aliphatic rings. The van der Waals surface area contributed by atoms with Crippen molar-refractivity contribution in [2.24, 2.45) is 0 Å². The van der Waals surface area contributed by atoms with Gasteiger partial charge in [0.2, 0.25) is 0 Å². The van der Waals surface area contributed by atoms with Crippen molar-refractivity contribution in [2.45, 2.75) is 26.3 Å². The number of rotatable bonds is 4. The standard InChI is InChI=1S/C11H14N2O3/c1-3-8-6-12-5-4-9(8)10(14)13-7(2)11(15)16/h4-7H,3H2,1-2H3,(H,13,14)(H,15,16)/t7-/m0/s1. The molecule has 1 rings (SSSR count). The zero-order chi connectivity index (χ0) is 12.1. The molecule has 0 fully saturated rings. The van der Waals surface area contributed by atoms with Gasteiger partial charge in [-0.05, 0) is 25.0 Å². The quantitative estimate of drug-likeness (QED) is 0.791. The maximum Gasteiger partial charge on any atom is 0.325 e. The van der Waals surface area contributed by atoms with Gasteiger partial charge in [-0.25, -0.2) is 0 Å². The summed E-state index contributed by atoms with van der Waals surface area (Å²) in [6.45, 7) is 3.33. The maximum atomic E-state index is 11.7. The summed E-state index contributed by atoms with van der Waals surface area (Å²) in [5, 5.41) is 11.1. The van der Waals surface area contributed by atoms with Crippen LogP contribution >= 0.6 is 0 Å². The van der Waals surface area contributed by atoms with Crippen molar-refractivity contribution in [3.8, 4) is 0 Å². The molecule has 1 atom stereocenters. The third-order valence-corrected chi connectivity index (χ3v) is 2.25. The Morgan fingerprint density at radius 2 is 2.25 bits per heavy atom. The SMILES string of the molecule is CCc1cnccc1C(=O)N[C@@H](C)C(=O)O. The lowest BCUT2D eigenvalue weighted by molar-refractivity contribution is -0.138. The second kappa shape index (κ2) is 5.25. The predicted octanol–water partition coefficient (Wildman–Crippen LogP) is 0.847. The lowest BCUT2D eigenvalue weighted by Crippen LogP contribution is -2.38. The third kappa shape index (κ3) is 2.79. The molecule has 5 heteroatoms. The maximum absolute atomic E-state index is 11.7. The molecule has 1 aromatic rings. The van der Waals surface area contributed by atoms with E-state index >= 15 is 0 Å². The van der Waals surface area contributed by atoms with Crippen molar-refractivity contribution in [3.05, 3.63) is 29.6 Å². The summed E-state index contributed by atoms with van der Waals surface area (Å²) < 4.78 is 0. The Balaban J connectivity index is 2.84. The number of aliphatic carboxylic acids is 1. The lowest BCUT2D eigenvalue weighted by Gasteiger charge is -2.11. The highest BCUT2D eigenvalue weighted by molar-refractivity contribution is 5.97. The number of carboxylic acid groups (broad SMARTS) is 1. The molecule has 0 spiro atoms. The molecule has 1 heterocycles. The molecule has 1 aromatic heterocycles. The van der Waals surface area contributed by atoms with E-state index in [1.54, 1.807) is 12.3 Å². The minimum absolute atomic E-state index is 0.380. The molecule has 16 heavy (non-hydrogen) atoms. The number of carbonyl (C=O) groups is 2. The Morgan fingerprint density at radius 3 is 2.81 bits per heavy atom. The van der Waals surface area contributed by atoms with Crippen molar-refractivity contribution in [1.29, 1.82) is 0 Å². The van der Waals surface area contributed by atoms with E-state index in [-0.39, 0.29) is 5.91 Å². The first-order valence-electron chi connectivity index (χ1n) is 5.02. The van der Waals surface area contributed by atoms with Gasteiger partial charge in [0.1, 0.15) is 6.04 Å². The van der Waals surface area contributed by atoms with Crippen LogP contribution in [0.4, 0.5) is 0 Å². The van der Waals surface area contributed by atoms with E-state index in [1.165, 1.54) is 13.1 Å². The Labute approximate surface area is 93.5 Å². The number of aryl methyl sites for hydroxylation is 1. The highest BCUT2D eigenvalue weighted by Gasteiger charge is 2.16. The van der Waals surface area contributed by atoms with E-state index in [0.29, 0.717) is 12.0 Å². The van der Waals surface area contributed by atoms with E-state index in [1.807, 2.05) is 6.92 Å². The zero-order valence-corrected chi connectivity index (χ0v) is 9.23. The van der Waals surface area contributed by atoms with E-state index in [0.717, 1.165) is 5.56 Å². The van der Waals surface area contributed by atoms with Gasteiger partial charge in [-0.1, -0.05) is 6.92 Å². The van der Waals surface area contributed by atoms with Crippen LogP contribution in [0.25, 0.3) is 0 Å². The summed E-state index contributed by atoms with van der Waals surface area (Å²) in [4.78, 5) is 26.2. The molecule has 0 radical (unpaired) electrons. The van der Waals surface area contributed by atoms with E-state index in [9.17, 15) is 9.59 Å². The fourth-order valence-electron chi connectivity index (χ4n) is 1.27. The van der Waals surface area contributed by atoms with Crippen LogP contribution in [0.15, 0.2) is 18.5 Å². The fraction of sp³-hybridized carbons (Fsp3) is 0.364. The van der Waals surface area contributed by atoms with Gasteiger partial charge < -0.3 is 10.4 Å². The molecule has 0 aliphatic carbocycles. The van der Waals surface area contributed by atoms with Gasteiger partial charge in [-0.15, -0.1) is 0 Å². The Bertz CT molecular complexity index is 404. The Hall–Kier alpha value is -1.91. The number of pyridine rings is 1. The number of carboxylic acids is 1. The van der Waals surface area contributed by atoms with Gasteiger partial charge in [-0.3, -0.25) is 14.6 Å². The first-order valence-corrected chi connectivity index (χ1v) is 5.02. The molecule has 1 amide bonds. The molecule has 0 saturated carbocycles. The average molecular weight is 222 g/mol. The molecular weight excluding hydrogens is 208 g/mol. The van der Waals surface area contributed by atoms with Crippen molar-refractivity contribution >= 4 is 11.9 Å². The second-order valence-corrected chi connectivity index (χ2v) is 3.42. The largest absolute Gasteiger partial charge is 0.480 e. The minimum atomic E-state index is -1.06. The normalized spacial score (nSPS) is 11.9. The smallest absolute Gasteiger partial charge is 0.325 e. The van der Waals surface area contributed by atoms with Gasteiger partial charge in [0.25, 0.3) is 5.91 Å². The van der Waals surface area contributed by atoms with Gasteiger partial charge in [0, 0.05) is 18.0 Å². The highest BCUT2D eigenvalue weighted by Crippen LogP contribution is 2.07. The van der Waals surface area contributed by atoms with Crippen LogP contribution in [-0.4, -0.2) is 28.0 Å². The van der Waals surface area contributed by atoms with E-state index < -0.39 is 12.0 Å². The molecule has 0 aliphatic heterocycles. The van der Waals surface area contributed by atoms with Crippen LogP contribution in [0.1, 0.15) is 29.8 Å². The number of hydrogen-bond acceptors (Lipinski definition) is 3. The van der Waals surface area contributed by atoms with Crippen LogP contribution in [0.2, 0.25) is 0 Å². The monoisotopic (exact) mass is 222 g/mol. The number of aromatic nitrogens is 1. The molecule has 2 N–H and O–H groups in total. The topological polar surface area (TPSA) is 79.3 Å².